The van der Waals surface area contributed by atoms with Gasteiger partial charge in [0.1, 0.15) is 0 Å². The molecule has 0 fully saturated rings. The SMILES string of the molecule is CCCCOC(=O)c1cccc(NCc2cnc(Cl)s2)c1. The maximum Gasteiger partial charge on any atom is 0.338 e. The Morgan fingerprint density at radius 2 is 2.33 bits per heavy atom. The number of nitrogens with one attached hydrogen (secondary N) is 1. The van der Waals surface area contributed by atoms with E-state index in [1.165, 1.54) is 11.3 Å². The van der Waals surface area contributed by atoms with Crippen LogP contribution in [0.4, 0.5) is 5.69 Å². The van der Waals surface area contributed by atoms with E-state index in [4.69, 9.17) is 16.3 Å². The van der Waals surface area contributed by atoms with Crippen LogP contribution in [0.15, 0.2) is 30.5 Å². The van der Waals surface area contributed by atoms with Gasteiger partial charge in [-0.05, 0) is 24.6 Å². The number of halogens is 1. The third-order valence-electron chi connectivity index (χ3n) is 2.82. The molecule has 2 aromatic rings. The first-order valence-electron chi connectivity index (χ1n) is 6.80. The molecule has 21 heavy (non-hydrogen) atoms. The summed E-state index contributed by atoms with van der Waals surface area (Å²) in [5, 5.41) is 3.24. The van der Waals surface area contributed by atoms with E-state index in [0.29, 0.717) is 23.2 Å². The van der Waals surface area contributed by atoms with E-state index in [1.807, 2.05) is 12.1 Å². The van der Waals surface area contributed by atoms with E-state index >= 15 is 0 Å². The number of nitrogens with zero attached hydrogens (tertiary/aromatic N) is 1. The van der Waals surface area contributed by atoms with E-state index in [2.05, 4.69) is 17.2 Å². The number of rotatable bonds is 7. The molecular formula is C15H17ClN2O2S. The average molecular weight is 325 g/mol. The van der Waals surface area contributed by atoms with Crippen LogP contribution in [0.2, 0.25) is 4.47 Å². The molecule has 0 aliphatic rings. The summed E-state index contributed by atoms with van der Waals surface area (Å²) in [7, 11) is 0. The van der Waals surface area contributed by atoms with Crippen molar-refractivity contribution < 1.29 is 9.53 Å². The van der Waals surface area contributed by atoms with Crippen LogP contribution in [0.1, 0.15) is 35.0 Å². The van der Waals surface area contributed by atoms with Crippen molar-refractivity contribution in [1.82, 2.24) is 4.98 Å². The Kier molecular flexibility index (Phi) is 6.02. The molecule has 1 aromatic carbocycles. The number of unbranched alkanes of at least 4 members (excludes halogenated alkanes) is 1. The molecular weight excluding hydrogens is 308 g/mol. The lowest BCUT2D eigenvalue weighted by molar-refractivity contribution is 0.0500. The molecule has 1 heterocycles. The molecule has 2 rings (SSSR count). The summed E-state index contributed by atoms with van der Waals surface area (Å²) in [5.41, 5.74) is 1.42. The second-order valence-corrected chi connectivity index (χ2v) is 6.20. The summed E-state index contributed by atoms with van der Waals surface area (Å²) in [4.78, 5) is 16.9. The summed E-state index contributed by atoms with van der Waals surface area (Å²) in [6.45, 7) is 3.15. The molecule has 0 atom stereocenters. The molecule has 6 heteroatoms. The minimum atomic E-state index is -0.284. The fourth-order valence-corrected chi connectivity index (χ4v) is 2.62. The van der Waals surface area contributed by atoms with Gasteiger partial charge in [0.05, 0.1) is 18.7 Å². The molecule has 112 valence electrons. The Hall–Kier alpha value is -1.59. The summed E-state index contributed by atoms with van der Waals surface area (Å²) >= 11 is 7.22. The van der Waals surface area contributed by atoms with Crippen molar-refractivity contribution in [3.63, 3.8) is 0 Å². The van der Waals surface area contributed by atoms with Gasteiger partial charge in [0.2, 0.25) is 0 Å². The van der Waals surface area contributed by atoms with Crippen LogP contribution < -0.4 is 5.32 Å². The Morgan fingerprint density at radius 3 is 3.05 bits per heavy atom. The molecule has 1 aromatic heterocycles. The number of hydrogen-bond donors (Lipinski definition) is 1. The first-order chi connectivity index (χ1) is 10.2. The van der Waals surface area contributed by atoms with Gasteiger partial charge in [-0.25, -0.2) is 9.78 Å². The van der Waals surface area contributed by atoms with Crippen LogP contribution in [0.5, 0.6) is 0 Å². The number of thiazole rings is 1. The predicted molar refractivity (Wildman–Crippen MR) is 86.1 cm³/mol. The average Bonchev–Trinajstić information content (AvgIpc) is 2.91. The fourth-order valence-electron chi connectivity index (χ4n) is 1.70. The molecule has 1 N–H and O–H groups in total. The van der Waals surface area contributed by atoms with Gasteiger partial charge >= 0.3 is 5.97 Å². The molecule has 0 radical (unpaired) electrons. The van der Waals surface area contributed by atoms with Crippen LogP contribution in [0.3, 0.4) is 0 Å². The summed E-state index contributed by atoms with van der Waals surface area (Å²) in [6.07, 6.45) is 3.63. The van der Waals surface area contributed by atoms with Gasteiger partial charge in [0, 0.05) is 16.8 Å². The largest absolute Gasteiger partial charge is 0.462 e. The van der Waals surface area contributed by atoms with Gasteiger partial charge in [-0.1, -0.05) is 31.0 Å². The van der Waals surface area contributed by atoms with Crippen LogP contribution in [0.25, 0.3) is 0 Å². The van der Waals surface area contributed by atoms with Crippen LogP contribution in [-0.2, 0) is 11.3 Å². The predicted octanol–water partition coefficient (Wildman–Crippen LogP) is 4.37. The first kappa shape index (κ1) is 15.8. The number of ether oxygens (including phenoxy) is 1. The number of esters is 1. The quantitative estimate of drug-likeness (QED) is 0.607. The highest BCUT2D eigenvalue weighted by Gasteiger charge is 2.07. The van der Waals surface area contributed by atoms with E-state index in [9.17, 15) is 4.79 Å². The molecule has 0 aliphatic carbocycles. The highest BCUT2D eigenvalue weighted by Crippen LogP contribution is 2.19. The lowest BCUT2D eigenvalue weighted by Gasteiger charge is -2.07. The first-order valence-corrected chi connectivity index (χ1v) is 7.99. The Balaban J connectivity index is 1.92. The number of carbonyl (C=O) groups excluding carboxylic acids is 1. The van der Waals surface area contributed by atoms with Crippen molar-refractivity contribution in [2.75, 3.05) is 11.9 Å². The van der Waals surface area contributed by atoms with Gasteiger partial charge in [-0.3, -0.25) is 0 Å². The van der Waals surface area contributed by atoms with Gasteiger partial charge in [-0.15, -0.1) is 11.3 Å². The zero-order valence-electron chi connectivity index (χ0n) is 11.8. The fraction of sp³-hybridized carbons (Fsp3) is 0.333. The van der Waals surface area contributed by atoms with Crippen molar-refractivity contribution in [3.8, 4) is 0 Å². The smallest absolute Gasteiger partial charge is 0.338 e. The van der Waals surface area contributed by atoms with Gasteiger partial charge < -0.3 is 10.1 Å². The Morgan fingerprint density at radius 1 is 1.48 bits per heavy atom. The minimum absolute atomic E-state index is 0.284. The number of aromatic nitrogens is 1. The number of anilines is 1. The Bertz CT molecular complexity index is 601. The topological polar surface area (TPSA) is 51.2 Å². The normalized spacial score (nSPS) is 10.4. The number of benzene rings is 1. The maximum atomic E-state index is 11.9. The lowest BCUT2D eigenvalue weighted by Crippen LogP contribution is -2.07. The molecule has 0 saturated carbocycles. The van der Waals surface area contributed by atoms with Gasteiger partial charge in [0.25, 0.3) is 0 Å². The highest BCUT2D eigenvalue weighted by atomic mass is 35.5. The second-order valence-electron chi connectivity index (χ2n) is 4.50. The highest BCUT2D eigenvalue weighted by molar-refractivity contribution is 7.15. The van der Waals surface area contributed by atoms with Crippen molar-refractivity contribution in [3.05, 3.63) is 45.4 Å². The number of hydrogen-bond acceptors (Lipinski definition) is 5. The van der Waals surface area contributed by atoms with Crippen LogP contribution in [0, 0.1) is 0 Å². The van der Waals surface area contributed by atoms with Gasteiger partial charge in [0.15, 0.2) is 4.47 Å². The molecule has 0 bridgehead atoms. The lowest BCUT2D eigenvalue weighted by atomic mass is 10.2. The Labute approximate surface area is 133 Å². The third kappa shape index (κ3) is 5.02. The van der Waals surface area contributed by atoms with Crippen molar-refractivity contribution in [2.45, 2.75) is 26.3 Å². The maximum absolute atomic E-state index is 11.9. The molecule has 0 saturated heterocycles. The standard InChI is InChI=1S/C15H17ClN2O2S/c1-2-3-7-20-14(19)11-5-4-6-12(8-11)17-9-13-10-18-15(16)21-13/h4-6,8,10,17H,2-3,7,9H2,1H3. The molecule has 0 spiro atoms. The molecule has 4 nitrogen and oxygen atoms in total. The molecule has 0 amide bonds. The number of carbonyl (C=O) groups is 1. The van der Waals surface area contributed by atoms with E-state index in [0.717, 1.165) is 23.4 Å². The minimum Gasteiger partial charge on any atom is -0.462 e. The van der Waals surface area contributed by atoms with Crippen LogP contribution in [-0.4, -0.2) is 17.6 Å². The monoisotopic (exact) mass is 324 g/mol. The zero-order chi connectivity index (χ0) is 15.1. The summed E-state index contributed by atoms with van der Waals surface area (Å²) < 4.78 is 5.73. The van der Waals surface area contributed by atoms with Crippen LogP contribution >= 0.6 is 22.9 Å². The van der Waals surface area contributed by atoms with E-state index < -0.39 is 0 Å². The van der Waals surface area contributed by atoms with E-state index in [1.54, 1.807) is 18.3 Å². The van der Waals surface area contributed by atoms with Crippen molar-refractivity contribution >= 4 is 34.6 Å². The third-order valence-corrected chi connectivity index (χ3v) is 3.94. The molecule has 0 aliphatic heterocycles. The molecule has 0 unspecified atom stereocenters. The summed E-state index contributed by atoms with van der Waals surface area (Å²) in [5.74, 6) is -0.284. The summed E-state index contributed by atoms with van der Waals surface area (Å²) in [6, 6.07) is 7.28. The van der Waals surface area contributed by atoms with Gasteiger partial charge in [-0.2, -0.15) is 0 Å². The van der Waals surface area contributed by atoms with Crippen molar-refractivity contribution in [1.29, 1.82) is 0 Å². The second kappa shape index (κ2) is 8.00. The zero-order valence-corrected chi connectivity index (χ0v) is 13.3. The van der Waals surface area contributed by atoms with Crippen molar-refractivity contribution in [2.24, 2.45) is 0 Å². The van der Waals surface area contributed by atoms with E-state index in [-0.39, 0.29) is 5.97 Å².